The number of carbonyl (C=O) groups excluding carboxylic acids is 1. The van der Waals surface area contributed by atoms with Crippen molar-refractivity contribution in [1.82, 2.24) is 5.32 Å². The van der Waals surface area contributed by atoms with Crippen molar-refractivity contribution in [3.8, 4) is 0 Å². The highest BCUT2D eigenvalue weighted by Crippen LogP contribution is 2.29. The number of hydrogen-bond donors (Lipinski definition) is 1. The van der Waals surface area contributed by atoms with Gasteiger partial charge < -0.3 is 14.8 Å². The fourth-order valence-corrected chi connectivity index (χ4v) is 2.18. The van der Waals surface area contributed by atoms with Crippen LogP contribution < -0.4 is 5.32 Å². The Labute approximate surface area is 117 Å². The molecule has 0 aromatic heterocycles. The molecule has 0 bridgehead atoms. The number of rotatable bonds is 10. The van der Waals surface area contributed by atoms with Crippen LogP contribution in [0.1, 0.15) is 52.9 Å². The summed E-state index contributed by atoms with van der Waals surface area (Å²) < 4.78 is 10.8. The highest BCUT2D eigenvalue weighted by molar-refractivity contribution is 5.80. The standard InChI is InChI=1S/C15H29NO3/c1-4-10-16-15(3,14(17)19-5-2)12-18-11-9-13-7-6-8-13/h13,16H,4-12H2,1-3H3. The summed E-state index contributed by atoms with van der Waals surface area (Å²) in [7, 11) is 0. The van der Waals surface area contributed by atoms with E-state index in [0.717, 1.165) is 31.9 Å². The van der Waals surface area contributed by atoms with Crippen LogP contribution in [0.2, 0.25) is 0 Å². The molecule has 0 aromatic carbocycles. The Morgan fingerprint density at radius 2 is 2.11 bits per heavy atom. The SMILES string of the molecule is CCCNC(C)(COCCC1CCC1)C(=O)OCC. The lowest BCUT2D eigenvalue weighted by Gasteiger charge is -2.29. The zero-order chi connectivity index (χ0) is 14.1. The molecule has 1 aliphatic carbocycles. The Balaban J connectivity index is 2.31. The second-order valence-electron chi connectivity index (χ2n) is 5.62. The molecule has 1 saturated carbocycles. The van der Waals surface area contributed by atoms with Gasteiger partial charge in [-0.05, 0) is 39.2 Å². The minimum Gasteiger partial charge on any atom is -0.465 e. The summed E-state index contributed by atoms with van der Waals surface area (Å²) in [6.45, 7) is 8.10. The quantitative estimate of drug-likeness (QED) is 0.490. The first-order valence-corrected chi connectivity index (χ1v) is 7.62. The van der Waals surface area contributed by atoms with E-state index in [1.54, 1.807) is 0 Å². The van der Waals surface area contributed by atoms with Crippen LogP contribution in [0.25, 0.3) is 0 Å². The van der Waals surface area contributed by atoms with E-state index >= 15 is 0 Å². The summed E-state index contributed by atoms with van der Waals surface area (Å²) in [6, 6.07) is 0. The van der Waals surface area contributed by atoms with E-state index in [-0.39, 0.29) is 5.97 Å². The maximum atomic E-state index is 12.0. The minimum atomic E-state index is -0.717. The van der Waals surface area contributed by atoms with Gasteiger partial charge in [0.15, 0.2) is 0 Å². The van der Waals surface area contributed by atoms with Crippen molar-refractivity contribution >= 4 is 5.97 Å². The van der Waals surface area contributed by atoms with E-state index in [4.69, 9.17) is 9.47 Å². The maximum Gasteiger partial charge on any atom is 0.328 e. The molecule has 0 aliphatic heterocycles. The molecule has 0 aromatic rings. The zero-order valence-electron chi connectivity index (χ0n) is 12.7. The third kappa shape index (κ3) is 5.49. The van der Waals surface area contributed by atoms with Crippen molar-refractivity contribution in [2.45, 2.75) is 58.4 Å². The lowest BCUT2D eigenvalue weighted by molar-refractivity contribution is -0.153. The lowest BCUT2D eigenvalue weighted by atomic mass is 9.83. The van der Waals surface area contributed by atoms with Gasteiger partial charge in [-0.1, -0.05) is 26.2 Å². The van der Waals surface area contributed by atoms with E-state index in [2.05, 4.69) is 12.2 Å². The van der Waals surface area contributed by atoms with Gasteiger partial charge in [0.1, 0.15) is 5.54 Å². The van der Waals surface area contributed by atoms with E-state index in [0.29, 0.717) is 13.2 Å². The van der Waals surface area contributed by atoms with E-state index in [9.17, 15) is 4.79 Å². The highest BCUT2D eigenvalue weighted by atomic mass is 16.5. The van der Waals surface area contributed by atoms with Crippen LogP contribution in [-0.2, 0) is 14.3 Å². The summed E-state index contributed by atoms with van der Waals surface area (Å²) in [5.74, 6) is 0.629. The Hall–Kier alpha value is -0.610. The number of carbonyl (C=O) groups is 1. The number of nitrogens with one attached hydrogen (secondary N) is 1. The first kappa shape index (κ1) is 16.4. The molecule has 1 atom stereocenters. The predicted octanol–water partition coefficient (Wildman–Crippen LogP) is 2.51. The van der Waals surface area contributed by atoms with Crippen LogP contribution in [0.4, 0.5) is 0 Å². The molecule has 0 radical (unpaired) electrons. The smallest absolute Gasteiger partial charge is 0.328 e. The van der Waals surface area contributed by atoms with E-state index in [1.807, 2.05) is 13.8 Å². The minimum absolute atomic E-state index is 0.216. The molecule has 0 saturated heterocycles. The topological polar surface area (TPSA) is 47.6 Å². The van der Waals surface area contributed by atoms with Crippen molar-refractivity contribution < 1.29 is 14.3 Å². The second kappa shape index (κ2) is 8.54. The van der Waals surface area contributed by atoms with Crippen LogP contribution in [-0.4, -0.2) is 37.9 Å². The van der Waals surface area contributed by atoms with E-state index < -0.39 is 5.54 Å². The van der Waals surface area contributed by atoms with Gasteiger partial charge in [0.25, 0.3) is 0 Å². The molecule has 1 N–H and O–H groups in total. The summed E-state index contributed by atoms with van der Waals surface area (Å²) in [5.41, 5.74) is -0.717. The molecule has 112 valence electrons. The summed E-state index contributed by atoms with van der Waals surface area (Å²) in [4.78, 5) is 12.0. The molecule has 4 nitrogen and oxygen atoms in total. The predicted molar refractivity (Wildman–Crippen MR) is 76.1 cm³/mol. The molecule has 1 rings (SSSR count). The Morgan fingerprint density at radius 1 is 1.37 bits per heavy atom. The second-order valence-corrected chi connectivity index (χ2v) is 5.62. The van der Waals surface area contributed by atoms with Crippen molar-refractivity contribution in [3.63, 3.8) is 0 Å². The first-order chi connectivity index (χ1) is 9.12. The third-order valence-electron chi connectivity index (χ3n) is 3.78. The molecule has 1 aliphatic rings. The zero-order valence-corrected chi connectivity index (χ0v) is 12.7. The van der Waals surface area contributed by atoms with Crippen LogP contribution in [0.5, 0.6) is 0 Å². The van der Waals surface area contributed by atoms with Crippen LogP contribution in [0, 0.1) is 5.92 Å². The molecule has 4 heteroatoms. The fraction of sp³-hybridized carbons (Fsp3) is 0.933. The van der Waals surface area contributed by atoms with E-state index in [1.165, 1.54) is 19.3 Å². The average Bonchev–Trinajstić information content (AvgIpc) is 2.34. The monoisotopic (exact) mass is 271 g/mol. The van der Waals surface area contributed by atoms with Crippen LogP contribution in [0.15, 0.2) is 0 Å². The summed E-state index contributed by atoms with van der Waals surface area (Å²) in [5, 5.41) is 3.25. The van der Waals surface area contributed by atoms with Gasteiger partial charge in [0.2, 0.25) is 0 Å². The number of ether oxygens (including phenoxy) is 2. The molecular formula is C15H29NO3. The Morgan fingerprint density at radius 3 is 2.63 bits per heavy atom. The van der Waals surface area contributed by atoms with Gasteiger partial charge in [-0.3, -0.25) is 0 Å². The number of hydrogen-bond acceptors (Lipinski definition) is 4. The van der Waals surface area contributed by atoms with Gasteiger partial charge in [0, 0.05) is 6.61 Å². The maximum absolute atomic E-state index is 12.0. The van der Waals surface area contributed by atoms with Gasteiger partial charge in [-0.2, -0.15) is 0 Å². The molecule has 1 unspecified atom stereocenters. The molecule has 0 spiro atoms. The van der Waals surface area contributed by atoms with Crippen molar-refractivity contribution in [2.75, 3.05) is 26.4 Å². The van der Waals surface area contributed by atoms with Crippen molar-refractivity contribution in [3.05, 3.63) is 0 Å². The summed E-state index contributed by atoms with van der Waals surface area (Å²) in [6.07, 6.45) is 6.15. The average molecular weight is 271 g/mol. The van der Waals surface area contributed by atoms with Gasteiger partial charge in [0.05, 0.1) is 13.2 Å². The van der Waals surface area contributed by atoms with Gasteiger partial charge in [-0.25, -0.2) is 4.79 Å². The molecule has 1 fully saturated rings. The van der Waals surface area contributed by atoms with Gasteiger partial charge in [-0.15, -0.1) is 0 Å². The van der Waals surface area contributed by atoms with Crippen LogP contribution in [0.3, 0.4) is 0 Å². The van der Waals surface area contributed by atoms with Crippen molar-refractivity contribution in [1.29, 1.82) is 0 Å². The molecule has 0 amide bonds. The molecule has 0 heterocycles. The third-order valence-corrected chi connectivity index (χ3v) is 3.78. The lowest BCUT2D eigenvalue weighted by Crippen LogP contribution is -2.54. The fourth-order valence-electron chi connectivity index (χ4n) is 2.18. The van der Waals surface area contributed by atoms with Crippen LogP contribution >= 0.6 is 0 Å². The molecular weight excluding hydrogens is 242 g/mol. The Bertz CT molecular complexity index is 266. The summed E-state index contributed by atoms with van der Waals surface area (Å²) >= 11 is 0. The first-order valence-electron chi connectivity index (χ1n) is 7.62. The number of esters is 1. The van der Waals surface area contributed by atoms with Gasteiger partial charge >= 0.3 is 5.97 Å². The Kier molecular flexibility index (Phi) is 7.39. The van der Waals surface area contributed by atoms with Crippen molar-refractivity contribution in [2.24, 2.45) is 5.92 Å². The molecule has 19 heavy (non-hydrogen) atoms. The highest BCUT2D eigenvalue weighted by Gasteiger charge is 2.34. The largest absolute Gasteiger partial charge is 0.465 e. The normalized spacial score (nSPS) is 18.7.